The van der Waals surface area contributed by atoms with Crippen LogP contribution in [0.25, 0.3) is 11.1 Å². The first-order chi connectivity index (χ1) is 16.7. The van der Waals surface area contributed by atoms with Crippen LogP contribution in [0.3, 0.4) is 0 Å². The molecule has 2 aromatic rings. The Labute approximate surface area is 203 Å². The minimum atomic E-state index is -1.31. The summed E-state index contributed by atoms with van der Waals surface area (Å²) >= 11 is 0. The molecule has 0 radical (unpaired) electrons. The fourth-order valence-corrected chi connectivity index (χ4v) is 4.17. The first-order valence-electron chi connectivity index (χ1n) is 11.5. The van der Waals surface area contributed by atoms with Crippen molar-refractivity contribution < 1.29 is 33.8 Å². The number of esters is 1. The van der Waals surface area contributed by atoms with Crippen LogP contribution in [0, 0.1) is 5.92 Å². The van der Waals surface area contributed by atoms with E-state index in [0.29, 0.717) is 0 Å². The number of carboxylic acids is 1. The Morgan fingerprint density at radius 2 is 1.57 bits per heavy atom. The Balaban J connectivity index is 1.67. The molecule has 0 aromatic heterocycles. The summed E-state index contributed by atoms with van der Waals surface area (Å²) in [4.78, 5) is 48.0. The van der Waals surface area contributed by atoms with Gasteiger partial charge in [-0.3, -0.25) is 9.59 Å². The molecule has 186 valence electrons. The number of benzene rings is 2. The quantitative estimate of drug-likeness (QED) is 0.417. The molecule has 2 amide bonds. The molecule has 9 nitrogen and oxygen atoms in total. The minimum absolute atomic E-state index is 0.0212. The van der Waals surface area contributed by atoms with E-state index in [9.17, 15) is 19.2 Å². The molecule has 9 heteroatoms. The van der Waals surface area contributed by atoms with Crippen molar-refractivity contribution in [1.29, 1.82) is 0 Å². The predicted octanol–water partition coefficient (Wildman–Crippen LogP) is 3.20. The summed E-state index contributed by atoms with van der Waals surface area (Å²) in [6.45, 7) is 3.69. The number of aliphatic carboxylic acids is 1. The maximum Gasteiger partial charge on any atom is 0.407 e. The Hall–Kier alpha value is -3.88. The molecule has 0 aliphatic heterocycles. The molecule has 35 heavy (non-hydrogen) atoms. The van der Waals surface area contributed by atoms with Crippen molar-refractivity contribution in [3.05, 3.63) is 59.7 Å². The summed E-state index contributed by atoms with van der Waals surface area (Å²) < 4.78 is 10.7. The van der Waals surface area contributed by atoms with Crippen LogP contribution in [-0.4, -0.2) is 47.8 Å². The molecular formula is C26H30N2O7. The van der Waals surface area contributed by atoms with Crippen LogP contribution in [0.2, 0.25) is 0 Å². The molecule has 0 fully saturated rings. The standard InChI is InChI=1S/C26H30N2O7/c1-15(2)13-22(24(27)31)35-25(32)21(11-12-23(29)30)28-26(33)34-14-20-18-9-5-3-7-16(18)17-8-4-6-10-19(17)20/h3-10,15,20-22H,11-14H2,1-2H3,(H2,27,31)(H,28,33)(H,29,30)/t21-,22-/m0/s1. The number of fused-ring (bicyclic) bond motifs is 3. The van der Waals surface area contributed by atoms with Gasteiger partial charge in [0.25, 0.3) is 5.91 Å². The van der Waals surface area contributed by atoms with Gasteiger partial charge in [0.05, 0.1) is 0 Å². The van der Waals surface area contributed by atoms with E-state index < -0.39 is 42.5 Å². The second-order valence-electron chi connectivity index (χ2n) is 8.91. The molecule has 1 aliphatic rings. The third-order valence-corrected chi connectivity index (χ3v) is 5.83. The summed E-state index contributed by atoms with van der Waals surface area (Å²) in [5, 5.41) is 11.4. The first-order valence-corrected chi connectivity index (χ1v) is 11.5. The van der Waals surface area contributed by atoms with Gasteiger partial charge in [-0.15, -0.1) is 0 Å². The van der Waals surface area contributed by atoms with E-state index >= 15 is 0 Å². The number of primary amides is 1. The van der Waals surface area contributed by atoms with Gasteiger partial charge in [0.1, 0.15) is 12.6 Å². The highest BCUT2D eigenvalue weighted by Gasteiger charge is 2.31. The predicted molar refractivity (Wildman–Crippen MR) is 127 cm³/mol. The zero-order valence-electron chi connectivity index (χ0n) is 19.7. The van der Waals surface area contributed by atoms with E-state index in [0.717, 1.165) is 22.3 Å². The highest BCUT2D eigenvalue weighted by molar-refractivity contribution is 5.86. The van der Waals surface area contributed by atoms with E-state index in [-0.39, 0.29) is 31.3 Å². The van der Waals surface area contributed by atoms with E-state index in [4.69, 9.17) is 20.3 Å². The number of alkyl carbamates (subject to hydrolysis) is 1. The van der Waals surface area contributed by atoms with Crippen LogP contribution in [0.5, 0.6) is 0 Å². The van der Waals surface area contributed by atoms with Crippen LogP contribution < -0.4 is 11.1 Å². The highest BCUT2D eigenvalue weighted by Crippen LogP contribution is 2.44. The zero-order chi connectivity index (χ0) is 25.5. The van der Waals surface area contributed by atoms with Crippen LogP contribution in [0.4, 0.5) is 4.79 Å². The number of rotatable bonds is 11. The number of nitrogens with two attached hydrogens (primary N) is 1. The smallest absolute Gasteiger partial charge is 0.407 e. The summed E-state index contributed by atoms with van der Waals surface area (Å²) in [5.74, 6) is -3.06. The van der Waals surface area contributed by atoms with Crippen molar-refractivity contribution in [2.24, 2.45) is 11.7 Å². The second-order valence-corrected chi connectivity index (χ2v) is 8.91. The molecule has 3 rings (SSSR count). The second kappa shape index (κ2) is 11.5. The van der Waals surface area contributed by atoms with Gasteiger partial charge < -0.3 is 25.6 Å². The molecule has 0 heterocycles. The Kier molecular flexibility index (Phi) is 8.46. The summed E-state index contributed by atoms with van der Waals surface area (Å²) in [6, 6.07) is 14.4. The lowest BCUT2D eigenvalue weighted by molar-refractivity contribution is -0.158. The SMILES string of the molecule is CC(C)C[C@H](OC(=O)[C@H](CCC(=O)O)NC(=O)OCC1c2ccccc2-c2ccccc21)C(N)=O. The average Bonchev–Trinajstić information content (AvgIpc) is 3.13. The number of nitrogens with one attached hydrogen (secondary N) is 1. The third-order valence-electron chi connectivity index (χ3n) is 5.83. The van der Waals surface area contributed by atoms with E-state index in [1.54, 1.807) is 0 Å². The Bertz CT molecular complexity index is 1050. The van der Waals surface area contributed by atoms with Crippen molar-refractivity contribution >= 4 is 23.9 Å². The van der Waals surface area contributed by atoms with Gasteiger partial charge in [0.15, 0.2) is 6.10 Å². The van der Waals surface area contributed by atoms with Gasteiger partial charge in [-0.1, -0.05) is 62.4 Å². The van der Waals surface area contributed by atoms with Crippen molar-refractivity contribution in [2.75, 3.05) is 6.61 Å². The summed E-state index contributed by atoms with van der Waals surface area (Å²) in [6.07, 6.45) is -2.49. The molecule has 0 bridgehead atoms. The molecule has 4 N–H and O–H groups in total. The minimum Gasteiger partial charge on any atom is -0.481 e. The molecule has 0 spiro atoms. The van der Waals surface area contributed by atoms with Crippen molar-refractivity contribution in [3.63, 3.8) is 0 Å². The molecule has 0 saturated carbocycles. The summed E-state index contributed by atoms with van der Waals surface area (Å²) in [5.41, 5.74) is 9.53. The van der Waals surface area contributed by atoms with E-state index in [2.05, 4.69) is 5.32 Å². The van der Waals surface area contributed by atoms with E-state index in [1.165, 1.54) is 0 Å². The van der Waals surface area contributed by atoms with Crippen molar-refractivity contribution in [2.45, 2.75) is 51.2 Å². The topological polar surface area (TPSA) is 145 Å². The van der Waals surface area contributed by atoms with Crippen LogP contribution in [0.1, 0.15) is 50.2 Å². The number of hydrogen-bond donors (Lipinski definition) is 3. The zero-order valence-corrected chi connectivity index (χ0v) is 19.7. The number of carboxylic acid groups (broad SMARTS) is 1. The lowest BCUT2D eigenvalue weighted by Crippen LogP contribution is -2.45. The molecule has 0 unspecified atom stereocenters. The monoisotopic (exact) mass is 482 g/mol. The Morgan fingerprint density at radius 1 is 1.00 bits per heavy atom. The molecular weight excluding hydrogens is 452 g/mol. The number of carbonyl (C=O) groups is 4. The van der Waals surface area contributed by atoms with Crippen LogP contribution in [0.15, 0.2) is 48.5 Å². The fraction of sp³-hybridized carbons (Fsp3) is 0.385. The van der Waals surface area contributed by atoms with Gasteiger partial charge in [-0.2, -0.15) is 0 Å². The number of hydrogen-bond acceptors (Lipinski definition) is 6. The van der Waals surface area contributed by atoms with Crippen LogP contribution in [-0.2, 0) is 23.9 Å². The van der Waals surface area contributed by atoms with Crippen LogP contribution >= 0.6 is 0 Å². The van der Waals surface area contributed by atoms with Crippen molar-refractivity contribution in [1.82, 2.24) is 5.32 Å². The van der Waals surface area contributed by atoms with E-state index in [1.807, 2.05) is 62.4 Å². The third kappa shape index (κ3) is 6.59. The average molecular weight is 483 g/mol. The van der Waals surface area contributed by atoms with Gasteiger partial charge in [-0.25, -0.2) is 9.59 Å². The number of carbonyl (C=O) groups excluding carboxylic acids is 3. The highest BCUT2D eigenvalue weighted by atomic mass is 16.6. The van der Waals surface area contributed by atoms with Gasteiger partial charge in [-0.05, 0) is 41.0 Å². The lowest BCUT2D eigenvalue weighted by atomic mass is 9.98. The molecule has 0 saturated heterocycles. The van der Waals surface area contributed by atoms with Crippen molar-refractivity contribution in [3.8, 4) is 11.1 Å². The molecule has 2 atom stereocenters. The van der Waals surface area contributed by atoms with Gasteiger partial charge in [0.2, 0.25) is 0 Å². The summed E-state index contributed by atoms with van der Waals surface area (Å²) in [7, 11) is 0. The number of amides is 2. The van der Waals surface area contributed by atoms with Gasteiger partial charge in [0, 0.05) is 12.3 Å². The largest absolute Gasteiger partial charge is 0.481 e. The molecule has 1 aliphatic carbocycles. The normalized spacial score (nSPS) is 13.9. The maximum absolute atomic E-state index is 12.7. The molecule has 2 aromatic carbocycles. The Morgan fingerprint density at radius 3 is 2.09 bits per heavy atom. The number of ether oxygens (including phenoxy) is 2. The van der Waals surface area contributed by atoms with Gasteiger partial charge >= 0.3 is 18.0 Å². The fourth-order valence-electron chi connectivity index (χ4n) is 4.17. The maximum atomic E-state index is 12.7. The first kappa shape index (κ1) is 25.7. The lowest BCUT2D eigenvalue weighted by Gasteiger charge is -2.22.